The molecule has 102 valence electrons. The lowest BCUT2D eigenvalue weighted by Crippen LogP contribution is -2.15. The van der Waals surface area contributed by atoms with Crippen molar-refractivity contribution in [2.75, 3.05) is 16.8 Å². The first-order valence-corrected chi connectivity index (χ1v) is 6.88. The maximum atomic E-state index is 11.5. The summed E-state index contributed by atoms with van der Waals surface area (Å²) in [6.45, 7) is 0. The van der Waals surface area contributed by atoms with Crippen molar-refractivity contribution in [3.05, 3.63) is 32.8 Å². The van der Waals surface area contributed by atoms with Gasteiger partial charge in [0.15, 0.2) is 0 Å². The van der Waals surface area contributed by atoms with Crippen molar-refractivity contribution in [2.45, 2.75) is 0 Å². The van der Waals surface area contributed by atoms with Crippen molar-refractivity contribution in [1.82, 2.24) is 0 Å². The third kappa shape index (κ3) is 5.26. The van der Waals surface area contributed by atoms with Gasteiger partial charge in [-0.2, -0.15) is 0 Å². The number of carbonyl (C=O) groups excluding carboxylic acids is 1. The zero-order valence-corrected chi connectivity index (χ0v) is 11.9. The molecule has 0 fully saturated rings. The number of non-ortho nitro benzene ring substituents is 1. The molecule has 0 saturated carbocycles. The van der Waals surface area contributed by atoms with Gasteiger partial charge in [-0.15, -0.1) is 11.8 Å². The highest BCUT2D eigenvalue weighted by Crippen LogP contribution is 2.27. The molecular weight excluding hydrogens is 340 g/mol. The smallest absolute Gasteiger partial charge is 0.313 e. The number of carboxylic acid groups (broad SMARTS) is 1. The lowest BCUT2D eigenvalue weighted by molar-refractivity contribution is -0.384. The van der Waals surface area contributed by atoms with Gasteiger partial charge in [0.1, 0.15) is 0 Å². The highest BCUT2D eigenvalue weighted by atomic mass is 79.9. The number of amides is 1. The molecule has 0 saturated heterocycles. The van der Waals surface area contributed by atoms with Crippen LogP contribution in [0.2, 0.25) is 0 Å². The molecule has 19 heavy (non-hydrogen) atoms. The molecule has 2 N–H and O–H groups in total. The fourth-order valence-corrected chi connectivity index (χ4v) is 2.02. The van der Waals surface area contributed by atoms with Crippen molar-refractivity contribution >= 4 is 50.9 Å². The van der Waals surface area contributed by atoms with Gasteiger partial charge in [0.25, 0.3) is 5.69 Å². The highest BCUT2D eigenvalue weighted by molar-refractivity contribution is 9.10. The molecule has 0 aromatic heterocycles. The van der Waals surface area contributed by atoms with E-state index in [-0.39, 0.29) is 22.9 Å². The summed E-state index contributed by atoms with van der Waals surface area (Å²) in [5, 5.41) is 21.5. The summed E-state index contributed by atoms with van der Waals surface area (Å²) < 4.78 is 0.509. The molecular formula is C10H9BrN2O5S. The quantitative estimate of drug-likeness (QED) is 0.601. The number of nitrogens with zero attached hydrogens (tertiary/aromatic N) is 1. The highest BCUT2D eigenvalue weighted by Gasteiger charge is 2.12. The molecule has 0 aliphatic heterocycles. The number of nitro benzene ring substituents is 1. The standard InChI is InChI=1S/C10H9BrN2O5S/c11-7-2-1-6(13(17)18)3-8(7)12-9(14)4-19-5-10(15)16/h1-3H,4-5H2,(H,12,14)(H,15,16). The van der Waals surface area contributed by atoms with E-state index in [1.165, 1.54) is 18.2 Å². The van der Waals surface area contributed by atoms with Crippen LogP contribution in [0.4, 0.5) is 11.4 Å². The number of carbonyl (C=O) groups is 2. The van der Waals surface area contributed by atoms with E-state index in [2.05, 4.69) is 21.2 Å². The van der Waals surface area contributed by atoms with Crippen LogP contribution in [0.25, 0.3) is 0 Å². The van der Waals surface area contributed by atoms with Crippen LogP contribution in [0.15, 0.2) is 22.7 Å². The van der Waals surface area contributed by atoms with Gasteiger partial charge < -0.3 is 10.4 Å². The Bertz CT molecular complexity index is 523. The van der Waals surface area contributed by atoms with Crippen LogP contribution in [0, 0.1) is 10.1 Å². The molecule has 0 heterocycles. The maximum absolute atomic E-state index is 11.5. The first-order chi connectivity index (χ1) is 8.90. The number of halogens is 1. The Morgan fingerprint density at radius 3 is 2.68 bits per heavy atom. The van der Waals surface area contributed by atoms with Gasteiger partial charge in [0, 0.05) is 16.6 Å². The SMILES string of the molecule is O=C(O)CSCC(=O)Nc1cc([N+](=O)[O-])ccc1Br. The summed E-state index contributed by atoms with van der Waals surface area (Å²) in [6.07, 6.45) is 0. The van der Waals surface area contributed by atoms with Gasteiger partial charge in [0.05, 0.1) is 22.1 Å². The van der Waals surface area contributed by atoms with Crippen LogP contribution < -0.4 is 5.32 Å². The van der Waals surface area contributed by atoms with E-state index in [9.17, 15) is 19.7 Å². The maximum Gasteiger partial charge on any atom is 0.313 e. The fourth-order valence-electron chi connectivity index (χ4n) is 1.14. The van der Waals surface area contributed by atoms with Gasteiger partial charge >= 0.3 is 5.97 Å². The minimum atomic E-state index is -1.01. The number of thioether (sulfide) groups is 1. The second-order valence-corrected chi connectivity index (χ2v) is 5.20. The van der Waals surface area contributed by atoms with E-state index in [0.29, 0.717) is 4.47 Å². The van der Waals surface area contributed by atoms with Gasteiger partial charge in [-0.05, 0) is 22.0 Å². The molecule has 0 aliphatic rings. The summed E-state index contributed by atoms with van der Waals surface area (Å²) in [5.74, 6) is -1.65. The molecule has 0 atom stereocenters. The van der Waals surface area contributed by atoms with E-state index in [4.69, 9.17) is 5.11 Å². The van der Waals surface area contributed by atoms with E-state index in [1.807, 2.05) is 0 Å². The third-order valence-corrected chi connectivity index (χ3v) is 3.50. The molecule has 0 bridgehead atoms. The monoisotopic (exact) mass is 348 g/mol. The van der Waals surface area contributed by atoms with Crippen molar-refractivity contribution in [3.8, 4) is 0 Å². The van der Waals surface area contributed by atoms with E-state index in [0.717, 1.165) is 11.8 Å². The Morgan fingerprint density at radius 2 is 2.11 bits per heavy atom. The number of hydrogen-bond acceptors (Lipinski definition) is 5. The second kappa shape index (κ2) is 7.10. The molecule has 0 spiro atoms. The van der Waals surface area contributed by atoms with Gasteiger partial charge in [0.2, 0.25) is 5.91 Å². The number of hydrogen-bond donors (Lipinski definition) is 2. The number of benzene rings is 1. The van der Waals surface area contributed by atoms with Gasteiger partial charge in [-0.25, -0.2) is 0 Å². The summed E-state index contributed by atoms with van der Waals surface area (Å²) in [4.78, 5) is 31.8. The van der Waals surface area contributed by atoms with Crippen LogP contribution in [-0.2, 0) is 9.59 Å². The Morgan fingerprint density at radius 1 is 1.42 bits per heavy atom. The molecule has 1 rings (SSSR count). The summed E-state index contributed by atoms with van der Waals surface area (Å²) in [6, 6.07) is 3.99. The number of anilines is 1. The molecule has 9 heteroatoms. The Labute approximate surface area is 120 Å². The molecule has 0 unspecified atom stereocenters. The number of aliphatic carboxylic acids is 1. The minimum absolute atomic E-state index is 0.0402. The van der Waals surface area contributed by atoms with E-state index >= 15 is 0 Å². The van der Waals surface area contributed by atoms with Crippen molar-refractivity contribution < 1.29 is 19.6 Å². The predicted molar refractivity (Wildman–Crippen MR) is 74.4 cm³/mol. The van der Waals surface area contributed by atoms with Gasteiger partial charge in [-0.1, -0.05) is 0 Å². The van der Waals surface area contributed by atoms with Crippen LogP contribution in [0.1, 0.15) is 0 Å². The number of rotatable bonds is 6. The molecule has 0 radical (unpaired) electrons. The summed E-state index contributed by atoms with van der Waals surface area (Å²) in [7, 11) is 0. The van der Waals surface area contributed by atoms with Crippen LogP contribution in [0.5, 0.6) is 0 Å². The molecule has 1 amide bonds. The average molecular weight is 349 g/mol. The topological polar surface area (TPSA) is 110 Å². The molecule has 1 aromatic carbocycles. The zero-order chi connectivity index (χ0) is 14.4. The Kier molecular flexibility index (Phi) is 5.77. The Hall–Kier alpha value is -1.61. The number of carboxylic acids is 1. The number of nitrogens with one attached hydrogen (secondary N) is 1. The third-order valence-electron chi connectivity index (χ3n) is 1.89. The van der Waals surface area contributed by atoms with Crippen LogP contribution >= 0.6 is 27.7 Å². The first kappa shape index (κ1) is 15.4. The largest absolute Gasteiger partial charge is 0.481 e. The molecule has 0 aliphatic carbocycles. The van der Waals surface area contributed by atoms with Gasteiger partial charge in [-0.3, -0.25) is 19.7 Å². The molecule has 1 aromatic rings. The molecule has 7 nitrogen and oxygen atoms in total. The number of nitro groups is 1. The van der Waals surface area contributed by atoms with Crippen molar-refractivity contribution in [2.24, 2.45) is 0 Å². The Balaban J connectivity index is 2.65. The lowest BCUT2D eigenvalue weighted by atomic mass is 10.3. The average Bonchev–Trinajstić information content (AvgIpc) is 2.31. The first-order valence-electron chi connectivity index (χ1n) is 4.93. The summed E-state index contributed by atoms with van der Waals surface area (Å²) in [5.41, 5.74) is 0.131. The summed E-state index contributed by atoms with van der Waals surface area (Å²) >= 11 is 4.11. The predicted octanol–water partition coefficient (Wildman–Crippen LogP) is 2.11. The normalized spacial score (nSPS) is 9.95. The van der Waals surface area contributed by atoms with Crippen LogP contribution in [0.3, 0.4) is 0 Å². The van der Waals surface area contributed by atoms with E-state index in [1.54, 1.807) is 0 Å². The lowest BCUT2D eigenvalue weighted by Gasteiger charge is -2.06. The van der Waals surface area contributed by atoms with Crippen LogP contribution in [-0.4, -0.2) is 33.4 Å². The zero-order valence-electron chi connectivity index (χ0n) is 9.46. The van der Waals surface area contributed by atoms with Crippen molar-refractivity contribution in [3.63, 3.8) is 0 Å². The minimum Gasteiger partial charge on any atom is -0.481 e. The van der Waals surface area contributed by atoms with E-state index < -0.39 is 16.8 Å². The van der Waals surface area contributed by atoms with Crippen molar-refractivity contribution in [1.29, 1.82) is 0 Å². The fraction of sp³-hybridized carbons (Fsp3) is 0.200. The second-order valence-electron chi connectivity index (χ2n) is 3.36.